The number of aliphatic imine (C=N–C) groups is 1. The number of methoxy groups -OCH3 is 1. The number of ether oxygens (including phenoxy) is 3. The molecule has 0 atom stereocenters. The summed E-state index contributed by atoms with van der Waals surface area (Å²) in [6.45, 7) is 3.54. The molecule has 0 unspecified atom stereocenters. The van der Waals surface area contributed by atoms with Gasteiger partial charge in [-0.25, -0.2) is 4.98 Å². The van der Waals surface area contributed by atoms with Crippen molar-refractivity contribution in [1.82, 2.24) is 10.3 Å². The van der Waals surface area contributed by atoms with E-state index >= 15 is 0 Å². The number of guanidine groups is 1. The number of anilines is 1. The van der Waals surface area contributed by atoms with Crippen LogP contribution in [-0.4, -0.2) is 31.7 Å². The van der Waals surface area contributed by atoms with Gasteiger partial charge in [0.05, 0.1) is 13.7 Å². The predicted molar refractivity (Wildman–Crippen MR) is 123 cm³/mol. The number of nitrogens with zero attached hydrogens (tertiary/aromatic N) is 2. The number of aromatic nitrogens is 1. The van der Waals surface area contributed by atoms with E-state index in [4.69, 9.17) is 14.2 Å². The quantitative estimate of drug-likeness (QED) is 0.398. The van der Waals surface area contributed by atoms with E-state index in [2.05, 4.69) is 20.6 Å². The molecule has 3 rings (SSSR count). The molecule has 0 saturated carbocycles. The Labute approximate surface area is 183 Å². The molecule has 31 heavy (non-hydrogen) atoms. The maximum Gasteiger partial charge on any atom is 0.213 e. The molecule has 0 aliphatic heterocycles. The second-order valence-corrected chi connectivity index (χ2v) is 6.63. The van der Waals surface area contributed by atoms with Crippen molar-refractivity contribution < 1.29 is 14.2 Å². The Morgan fingerprint density at radius 1 is 0.968 bits per heavy atom. The lowest BCUT2D eigenvalue weighted by Crippen LogP contribution is -2.30. The van der Waals surface area contributed by atoms with Crippen LogP contribution in [0.5, 0.6) is 17.4 Å². The number of rotatable bonds is 9. The second-order valence-electron chi connectivity index (χ2n) is 6.63. The molecule has 0 saturated heterocycles. The molecule has 1 heterocycles. The van der Waals surface area contributed by atoms with Crippen LogP contribution in [0.25, 0.3) is 0 Å². The fourth-order valence-corrected chi connectivity index (χ4v) is 2.90. The molecule has 7 heteroatoms. The van der Waals surface area contributed by atoms with E-state index in [1.165, 1.54) is 0 Å². The highest BCUT2D eigenvalue weighted by Gasteiger charge is 2.07. The first-order chi connectivity index (χ1) is 15.2. The number of pyridine rings is 1. The molecule has 2 N–H and O–H groups in total. The van der Waals surface area contributed by atoms with E-state index in [9.17, 15) is 0 Å². The highest BCUT2D eigenvalue weighted by molar-refractivity contribution is 5.93. The van der Waals surface area contributed by atoms with E-state index < -0.39 is 0 Å². The summed E-state index contributed by atoms with van der Waals surface area (Å²) < 4.78 is 16.8. The fourth-order valence-electron chi connectivity index (χ4n) is 2.90. The molecular weight excluding hydrogens is 392 g/mol. The van der Waals surface area contributed by atoms with Crippen LogP contribution < -0.4 is 24.8 Å². The van der Waals surface area contributed by atoms with Crippen LogP contribution in [-0.2, 0) is 13.2 Å². The molecule has 0 amide bonds. The maximum absolute atomic E-state index is 5.81. The van der Waals surface area contributed by atoms with Gasteiger partial charge in [0.25, 0.3) is 0 Å². The standard InChI is InChI=1S/C24H28N4O3/c1-4-30-22-15-20(10-11-21(22)29-3)28-24(25-2)27-16-19-12-13-26-23(14-19)31-17-18-8-6-5-7-9-18/h5-15H,4,16-17H2,1-3H3,(H2,25,27,28). The Morgan fingerprint density at radius 3 is 2.55 bits per heavy atom. The van der Waals surface area contributed by atoms with Gasteiger partial charge >= 0.3 is 0 Å². The third kappa shape index (κ3) is 6.64. The minimum Gasteiger partial charge on any atom is -0.493 e. The predicted octanol–water partition coefficient (Wildman–Crippen LogP) is 4.26. The Morgan fingerprint density at radius 2 is 1.81 bits per heavy atom. The van der Waals surface area contributed by atoms with Crippen molar-refractivity contribution in [3.63, 3.8) is 0 Å². The number of hydrogen-bond acceptors (Lipinski definition) is 5. The Kier molecular flexibility index (Phi) is 8.11. The number of nitrogens with one attached hydrogen (secondary N) is 2. The van der Waals surface area contributed by atoms with Gasteiger partial charge in [0, 0.05) is 37.6 Å². The lowest BCUT2D eigenvalue weighted by Gasteiger charge is -2.15. The molecular formula is C24H28N4O3. The molecule has 0 spiro atoms. The van der Waals surface area contributed by atoms with Crippen LogP contribution in [0, 0.1) is 0 Å². The van der Waals surface area contributed by atoms with Crippen LogP contribution >= 0.6 is 0 Å². The van der Waals surface area contributed by atoms with E-state index in [-0.39, 0.29) is 0 Å². The van der Waals surface area contributed by atoms with Crippen molar-refractivity contribution in [2.45, 2.75) is 20.1 Å². The summed E-state index contributed by atoms with van der Waals surface area (Å²) in [6, 6.07) is 19.5. The molecule has 7 nitrogen and oxygen atoms in total. The van der Waals surface area contributed by atoms with Gasteiger partial charge in [-0.15, -0.1) is 0 Å². The topological polar surface area (TPSA) is 77.0 Å². The summed E-state index contributed by atoms with van der Waals surface area (Å²) in [7, 11) is 3.35. The van der Waals surface area contributed by atoms with Crippen molar-refractivity contribution in [1.29, 1.82) is 0 Å². The Bertz CT molecular complexity index is 993. The molecule has 2 aromatic carbocycles. The summed E-state index contributed by atoms with van der Waals surface area (Å²) in [6.07, 6.45) is 1.74. The Hall–Kier alpha value is -3.74. The smallest absolute Gasteiger partial charge is 0.213 e. The van der Waals surface area contributed by atoms with Crippen LogP contribution in [0.2, 0.25) is 0 Å². The van der Waals surface area contributed by atoms with Crippen LogP contribution in [0.1, 0.15) is 18.1 Å². The average molecular weight is 421 g/mol. The van der Waals surface area contributed by atoms with E-state index in [0.717, 1.165) is 16.8 Å². The molecule has 0 aliphatic carbocycles. The van der Waals surface area contributed by atoms with Gasteiger partial charge in [-0.05, 0) is 36.2 Å². The van der Waals surface area contributed by atoms with Gasteiger partial charge in [-0.1, -0.05) is 30.3 Å². The van der Waals surface area contributed by atoms with Gasteiger partial charge in [0.15, 0.2) is 17.5 Å². The zero-order valence-electron chi connectivity index (χ0n) is 18.1. The van der Waals surface area contributed by atoms with Crippen LogP contribution in [0.3, 0.4) is 0 Å². The van der Waals surface area contributed by atoms with Crippen molar-refractivity contribution in [3.8, 4) is 17.4 Å². The monoisotopic (exact) mass is 420 g/mol. The molecule has 3 aromatic rings. The van der Waals surface area contributed by atoms with Crippen molar-refractivity contribution in [2.75, 3.05) is 26.1 Å². The molecule has 0 fully saturated rings. The highest BCUT2D eigenvalue weighted by Crippen LogP contribution is 2.30. The van der Waals surface area contributed by atoms with E-state index in [1.807, 2.05) is 67.6 Å². The number of hydrogen-bond donors (Lipinski definition) is 2. The maximum atomic E-state index is 5.81. The van der Waals surface area contributed by atoms with Gasteiger partial charge in [0.2, 0.25) is 5.88 Å². The molecule has 0 aliphatic rings. The average Bonchev–Trinajstić information content (AvgIpc) is 2.82. The largest absolute Gasteiger partial charge is 0.493 e. The van der Waals surface area contributed by atoms with Crippen molar-refractivity contribution >= 4 is 11.6 Å². The zero-order valence-corrected chi connectivity index (χ0v) is 18.1. The highest BCUT2D eigenvalue weighted by atomic mass is 16.5. The van der Waals surface area contributed by atoms with Gasteiger partial charge in [-0.3, -0.25) is 4.99 Å². The Balaban J connectivity index is 1.57. The van der Waals surface area contributed by atoms with Gasteiger partial charge < -0.3 is 24.8 Å². The van der Waals surface area contributed by atoms with Crippen molar-refractivity contribution in [3.05, 3.63) is 78.0 Å². The summed E-state index contributed by atoms with van der Waals surface area (Å²) in [5.41, 5.74) is 2.98. The first kappa shape index (κ1) is 22.0. The number of benzene rings is 2. The molecule has 1 aromatic heterocycles. The lowest BCUT2D eigenvalue weighted by atomic mass is 10.2. The minimum atomic E-state index is 0.480. The van der Waals surface area contributed by atoms with Crippen LogP contribution in [0.15, 0.2) is 71.9 Å². The fraction of sp³-hybridized carbons (Fsp3) is 0.250. The normalized spacial score (nSPS) is 11.0. The third-order valence-electron chi connectivity index (χ3n) is 4.44. The first-order valence-electron chi connectivity index (χ1n) is 10.1. The summed E-state index contributed by atoms with van der Waals surface area (Å²) in [5, 5.41) is 6.57. The van der Waals surface area contributed by atoms with E-state index in [1.54, 1.807) is 20.4 Å². The van der Waals surface area contributed by atoms with E-state index in [0.29, 0.717) is 43.1 Å². The van der Waals surface area contributed by atoms with Gasteiger partial charge in [-0.2, -0.15) is 0 Å². The summed E-state index contributed by atoms with van der Waals surface area (Å²) >= 11 is 0. The second kappa shape index (κ2) is 11.4. The first-order valence-corrected chi connectivity index (χ1v) is 10.1. The van der Waals surface area contributed by atoms with Crippen LogP contribution in [0.4, 0.5) is 5.69 Å². The minimum absolute atomic E-state index is 0.480. The lowest BCUT2D eigenvalue weighted by molar-refractivity contribution is 0.293. The zero-order chi connectivity index (χ0) is 21.9. The summed E-state index contributed by atoms with van der Waals surface area (Å²) in [5.74, 6) is 2.59. The molecule has 0 bridgehead atoms. The molecule has 0 radical (unpaired) electrons. The summed E-state index contributed by atoms with van der Waals surface area (Å²) in [4.78, 5) is 8.58. The SMILES string of the molecule is CCOc1cc(NC(=NC)NCc2ccnc(OCc3ccccc3)c2)ccc1OC. The van der Waals surface area contributed by atoms with Crippen molar-refractivity contribution in [2.24, 2.45) is 4.99 Å². The molecule has 162 valence electrons. The third-order valence-corrected chi connectivity index (χ3v) is 4.44. The van der Waals surface area contributed by atoms with Gasteiger partial charge in [0.1, 0.15) is 6.61 Å².